The van der Waals surface area contributed by atoms with E-state index in [9.17, 15) is 9.59 Å². The highest BCUT2D eigenvalue weighted by Gasteiger charge is 2.20. The van der Waals surface area contributed by atoms with E-state index in [0.29, 0.717) is 25.9 Å². The number of hydrogen-bond acceptors (Lipinski definition) is 4. The van der Waals surface area contributed by atoms with Crippen molar-refractivity contribution >= 4 is 34.1 Å². The standard InChI is InChI=1S/C26H28N4O3/c1-19(21-12-11-20-7-5-6-8-22(20)17-21)27-25(31)18-33-29-24-13-15-30(16-14-24)26(32)28-23-9-3-2-4-10-23/h2-12,17,19H,13-16,18H2,1H3,(H,27,31)(H,28,32). The van der Waals surface area contributed by atoms with Gasteiger partial charge in [-0.05, 0) is 41.5 Å². The molecule has 3 aromatic carbocycles. The van der Waals surface area contributed by atoms with Crippen molar-refractivity contribution in [2.75, 3.05) is 25.0 Å². The average Bonchev–Trinajstić information content (AvgIpc) is 2.84. The molecule has 0 aromatic heterocycles. The van der Waals surface area contributed by atoms with Gasteiger partial charge < -0.3 is 20.4 Å². The largest absolute Gasteiger partial charge is 0.386 e. The topological polar surface area (TPSA) is 83.0 Å². The summed E-state index contributed by atoms with van der Waals surface area (Å²) in [6.45, 7) is 2.93. The Hall–Kier alpha value is -3.87. The van der Waals surface area contributed by atoms with Crippen molar-refractivity contribution in [3.8, 4) is 0 Å². The number of oxime groups is 1. The summed E-state index contributed by atoms with van der Waals surface area (Å²) in [7, 11) is 0. The molecule has 1 aliphatic rings. The fourth-order valence-electron chi connectivity index (χ4n) is 3.81. The number of benzene rings is 3. The Labute approximate surface area is 193 Å². The molecule has 1 atom stereocenters. The zero-order valence-electron chi connectivity index (χ0n) is 18.7. The van der Waals surface area contributed by atoms with Gasteiger partial charge in [-0.3, -0.25) is 4.79 Å². The zero-order chi connectivity index (χ0) is 23.0. The maximum Gasteiger partial charge on any atom is 0.321 e. The molecule has 1 heterocycles. The molecule has 7 nitrogen and oxygen atoms in total. The number of para-hydroxylation sites is 1. The van der Waals surface area contributed by atoms with E-state index < -0.39 is 0 Å². The minimum Gasteiger partial charge on any atom is -0.386 e. The Balaban J connectivity index is 1.20. The van der Waals surface area contributed by atoms with Gasteiger partial charge in [0, 0.05) is 31.6 Å². The van der Waals surface area contributed by atoms with Gasteiger partial charge in [0.2, 0.25) is 0 Å². The summed E-state index contributed by atoms with van der Waals surface area (Å²) in [6, 6.07) is 23.4. The summed E-state index contributed by atoms with van der Waals surface area (Å²) >= 11 is 0. The number of fused-ring (bicyclic) bond motifs is 1. The molecule has 0 saturated carbocycles. The number of nitrogens with one attached hydrogen (secondary N) is 2. The van der Waals surface area contributed by atoms with Gasteiger partial charge in [0.25, 0.3) is 5.91 Å². The molecule has 1 fully saturated rings. The normalized spacial score (nSPS) is 14.5. The zero-order valence-corrected chi connectivity index (χ0v) is 18.7. The van der Waals surface area contributed by atoms with Gasteiger partial charge in [0.05, 0.1) is 11.8 Å². The molecular formula is C26H28N4O3. The molecule has 4 rings (SSSR count). The first-order valence-electron chi connectivity index (χ1n) is 11.2. The van der Waals surface area contributed by atoms with Gasteiger partial charge in [0.15, 0.2) is 6.61 Å². The fourth-order valence-corrected chi connectivity index (χ4v) is 3.81. The van der Waals surface area contributed by atoms with Crippen molar-refractivity contribution in [3.63, 3.8) is 0 Å². The third-order valence-electron chi connectivity index (χ3n) is 5.69. The van der Waals surface area contributed by atoms with E-state index in [4.69, 9.17) is 4.84 Å². The third kappa shape index (κ3) is 6.10. The second-order valence-electron chi connectivity index (χ2n) is 8.11. The van der Waals surface area contributed by atoms with Crippen LogP contribution in [-0.4, -0.2) is 42.2 Å². The van der Waals surface area contributed by atoms with Gasteiger partial charge in [-0.25, -0.2) is 4.79 Å². The third-order valence-corrected chi connectivity index (χ3v) is 5.69. The van der Waals surface area contributed by atoms with Gasteiger partial charge in [-0.1, -0.05) is 59.8 Å². The number of carbonyl (C=O) groups is 2. The average molecular weight is 445 g/mol. The first-order chi connectivity index (χ1) is 16.1. The molecule has 3 aromatic rings. The predicted molar refractivity (Wildman–Crippen MR) is 130 cm³/mol. The first kappa shape index (κ1) is 22.3. The van der Waals surface area contributed by atoms with Gasteiger partial charge in [-0.15, -0.1) is 0 Å². The van der Waals surface area contributed by atoms with E-state index in [-0.39, 0.29) is 24.6 Å². The van der Waals surface area contributed by atoms with Crippen LogP contribution < -0.4 is 10.6 Å². The number of hydrogen-bond donors (Lipinski definition) is 2. The molecule has 1 unspecified atom stereocenters. The Morgan fingerprint density at radius 2 is 1.67 bits per heavy atom. The highest BCUT2D eigenvalue weighted by atomic mass is 16.6. The van der Waals surface area contributed by atoms with Gasteiger partial charge in [0.1, 0.15) is 0 Å². The minimum absolute atomic E-state index is 0.122. The molecule has 0 radical (unpaired) electrons. The lowest BCUT2D eigenvalue weighted by Gasteiger charge is -2.27. The maximum absolute atomic E-state index is 12.4. The highest BCUT2D eigenvalue weighted by molar-refractivity contribution is 5.92. The molecule has 33 heavy (non-hydrogen) atoms. The SMILES string of the molecule is CC(NC(=O)CON=C1CCN(C(=O)Nc2ccccc2)CC1)c1ccc2ccccc2c1. The van der Waals surface area contributed by atoms with Crippen LogP contribution in [0.25, 0.3) is 10.8 Å². The number of rotatable bonds is 6. The van der Waals surface area contributed by atoms with Crippen molar-refractivity contribution in [2.45, 2.75) is 25.8 Å². The van der Waals surface area contributed by atoms with Crippen LogP contribution in [0.3, 0.4) is 0 Å². The van der Waals surface area contributed by atoms with Crippen LogP contribution in [0.5, 0.6) is 0 Å². The molecule has 2 N–H and O–H groups in total. The first-order valence-corrected chi connectivity index (χ1v) is 11.2. The summed E-state index contributed by atoms with van der Waals surface area (Å²) in [5.41, 5.74) is 2.66. The second-order valence-corrected chi connectivity index (χ2v) is 8.11. The summed E-state index contributed by atoms with van der Waals surface area (Å²) in [5, 5.41) is 12.3. The van der Waals surface area contributed by atoms with Crippen LogP contribution in [0, 0.1) is 0 Å². The quantitative estimate of drug-likeness (QED) is 0.540. The molecule has 1 saturated heterocycles. The van der Waals surface area contributed by atoms with Crippen molar-refractivity contribution in [2.24, 2.45) is 5.16 Å². The summed E-state index contributed by atoms with van der Waals surface area (Å²) in [5.74, 6) is -0.223. The lowest BCUT2D eigenvalue weighted by Crippen LogP contribution is -2.41. The van der Waals surface area contributed by atoms with E-state index in [1.165, 1.54) is 5.39 Å². The van der Waals surface area contributed by atoms with Crippen LogP contribution in [0.15, 0.2) is 78.0 Å². The Kier molecular flexibility index (Phi) is 7.19. The maximum atomic E-state index is 12.4. The van der Waals surface area contributed by atoms with Crippen molar-refractivity contribution in [1.29, 1.82) is 0 Å². The van der Waals surface area contributed by atoms with Gasteiger partial charge in [-0.2, -0.15) is 0 Å². The van der Waals surface area contributed by atoms with Crippen LogP contribution >= 0.6 is 0 Å². The molecule has 170 valence electrons. The Bertz CT molecular complexity index is 1140. The monoisotopic (exact) mass is 444 g/mol. The van der Waals surface area contributed by atoms with E-state index >= 15 is 0 Å². The molecule has 1 aliphatic heterocycles. The molecule has 0 spiro atoms. The molecule has 7 heteroatoms. The van der Waals surface area contributed by atoms with E-state index in [1.54, 1.807) is 4.90 Å². The molecular weight excluding hydrogens is 416 g/mol. The van der Waals surface area contributed by atoms with E-state index in [0.717, 1.165) is 22.3 Å². The fraction of sp³-hybridized carbons (Fsp3) is 0.269. The number of nitrogens with zero attached hydrogens (tertiary/aromatic N) is 2. The molecule has 3 amide bonds. The Morgan fingerprint density at radius 1 is 0.970 bits per heavy atom. The number of urea groups is 1. The molecule has 0 bridgehead atoms. The lowest BCUT2D eigenvalue weighted by molar-refractivity contribution is -0.126. The van der Waals surface area contributed by atoms with Gasteiger partial charge >= 0.3 is 6.03 Å². The van der Waals surface area contributed by atoms with Crippen LogP contribution in [0.2, 0.25) is 0 Å². The number of likely N-dealkylation sites (tertiary alicyclic amines) is 1. The minimum atomic E-state index is -0.223. The smallest absolute Gasteiger partial charge is 0.321 e. The van der Waals surface area contributed by atoms with Crippen LogP contribution in [0.4, 0.5) is 10.5 Å². The van der Waals surface area contributed by atoms with Crippen LogP contribution in [0.1, 0.15) is 31.4 Å². The number of anilines is 1. The van der Waals surface area contributed by atoms with E-state index in [1.807, 2.05) is 55.5 Å². The predicted octanol–water partition coefficient (Wildman–Crippen LogP) is 4.72. The van der Waals surface area contributed by atoms with Crippen molar-refractivity contribution in [3.05, 3.63) is 78.4 Å². The number of amides is 3. The summed E-state index contributed by atoms with van der Waals surface area (Å²) in [4.78, 5) is 31.7. The number of carbonyl (C=O) groups excluding carboxylic acids is 2. The van der Waals surface area contributed by atoms with Crippen molar-refractivity contribution < 1.29 is 14.4 Å². The van der Waals surface area contributed by atoms with Crippen LogP contribution in [-0.2, 0) is 9.63 Å². The molecule has 0 aliphatic carbocycles. The second kappa shape index (κ2) is 10.6. The van der Waals surface area contributed by atoms with E-state index in [2.05, 4.69) is 40.1 Å². The Morgan fingerprint density at radius 3 is 2.42 bits per heavy atom. The number of piperidine rings is 1. The summed E-state index contributed by atoms with van der Waals surface area (Å²) < 4.78 is 0. The van der Waals surface area contributed by atoms with Crippen molar-refractivity contribution in [1.82, 2.24) is 10.2 Å². The lowest BCUT2D eigenvalue weighted by atomic mass is 10.0. The summed E-state index contributed by atoms with van der Waals surface area (Å²) in [6.07, 6.45) is 1.24. The highest BCUT2D eigenvalue weighted by Crippen LogP contribution is 2.20.